The number of nitrogens with one attached hydrogen (secondary N) is 2. The standard InChI is InChI=1S/C5H13N3O2S.C2HF3O2/c1-8(2)11(9,10)7-5-3-6-4-5;3-2(4,5)1(6)7/h5-7H,3-4H2,1-2H3;(H,6,7). The Bertz CT molecular complexity index is 378. The fourth-order valence-corrected chi connectivity index (χ4v) is 1.49. The van der Waals surface area contributed by atoms with Crippen LogP contribution in [0.15, 0.2) is 0 Å². The Labute approximate surface area is 102 Å². The van der Waals surface area contributed by atoms with Crippen molar-refractivity contribution in [2.45, 2.75) is 12.2 Å². The quantitative estimate of drug-likeness (QED) is 0.619. The van der Waals surface area contributed by atoms with Crippen molar-refractivity contribution in [3.63, 3.8) is 0 Å². The van der Waals surface area contributed by atoms with Crippen molar-refractivity contribution in [2.75, 3.05) is 27.2 Å². The van der Waals surface area contributed by atoms with Gasteiger partial charge in [-0.2, -0.15) is 30.6 Å². The van der Waals surface area contributed by atoms with Crippen LogP contribution in [0.5, 0.6) is 0 Å². The van der Waals surface area contributed by atoms with E-state index < -0.39 is 22.4 Å². The number of alkyl halides is 3. The van der Waals surface area contributed by atoms with Gasteiger partial charge in [0.15, 0.2) is 0 Å². The molecule has 7 nitrogen and oxygen atoms in total. The average molecular weight is 293 g/mol. The highest BCUT2D eigenvalue weighted by molar-refractivity contribution is 7.87. The Morgan fingerprint density at radius 1 is 1.39 bits per heavy atom. The fraction of sp³-hybridized carbons (Fsp3) is 0.857. The maximum absolute atomic E-state index is 11.1. The highest BCUT2D eigenvalue weighted by Gasteiger charge is 2.38. The number of halogens is 3. The lowest BCUT2D eigenvalue weighted by Gasteiger charge is -2.28. The van der Waals surface area contributed by atoms with Gasteiger partial charge >= 0.3 is 12.1 Å². The molecule has 0 aromatic carbocycles. The van der Waals surface area contributed by atoms with E-state index in [1.807, 2.05) is 0 Å². The summed E-state index contributed by atoms with van der Waals surface area (Å²) in [5.74, 6) is -2.76. The highest BCUT2D eigenvalue weighted by Crippen LogP contribution is 2.13. The molecule has 0 radical (unpaired) electrons. The molecule has 1 rings (SSSR count). The Morgan fingerprint density at radius 3 is 1.94 bits per heavy atom. The lowest BCUT2D eigenvalue weighted by atomic mass is 10.2. The van der Waals surface area contributed by atoms with Crippen LogP contribution in [-0.4, -0.2) is 63.2 Å². The fourth-order valence-electron chi connectivity index (χ4n) is 0.688. The minimum absolute atomic E-state index is 0.0717. The molecule has 1 aliphatic rings. The maximum atomic E-state index is 11.1. The van der Waals surface area contributed by atoms with Crippen LogP contribution in [0.2, 0.25) is 0 Å². The number of nitrogens with zero attached hydrogens (tertiary/aromatic N) is 1. The van der Waals surface area contributed by atoms with Crippen molar-refractivity contribution < 1.29 is 31.5 Å². The lowest BCUT2D eigenvalue weighted by Crippen LogP contribution is -2.58. The second kappa shape index (κ2) is 6.31. The van der Waals surface area contributed by atoms with Gasteiger partial charge in [-0.1, -0.05) is 0 Å². The zero-order chi connectivity index (χ0) is 14.6. The van der Waals surface area contributed by atoms with Gasteiger partial charge in [0, 0.05) is 33.2 Å². The van der Waals surface area contributed by atoms with Gasteiger partial charge in [-0.3, -0.25) is 0 Å². The molecular weight excluding hydrogens is 279 g/mol. The van der Waals surface area contributed by atoms with Crippen molar-refractivity contribution in [3.8, 4) is 0 Å². The summed E-state index contributed by atoms with van der Waals surface area (Å²) in [4.78, 5) is 8.90. The largest absolute Gasteiger partial charge is 0.490 e. The van der Waals surface area contributed by atoms with Gasteiger partial charge in [0.2, 0.25) is 0 Å². The normalized spacial score (nSPS) is 16.8. The Kier molecular flexibility index (Phi) is 5.99. The Hall–Kier alpha value is -0.910. The lowest BCUT2D eigenvalue weighted by molar-refractivity contribution is -0.192. The van der Waals surface area contributed by atoms with Crippen LogP contribution in [0, 0.1) is 0 Å². The number of carboxylic acids is 1. The molecule has 3 N–H and O–H groups in total. The van der Waals surface area contributed by atoms with Crippen LogP contribution in [0.25, 0.3) is 0 Å². The first-order valence-electron chi connectivity index (χ1n) is 4.67. The summed E-state index contributed by atoms with van der Waals surface area (Å²) >= 11 is 0. The molecule has 1 fully saturated rings. The van der Waals surface area contributed by atoms with E-state index >= 15 is 0 Å². The van der Waals surface area contributed by atoms with Gasteiger partial charge in [0.05, 0.1) is 0 Å². The molecule has 1 saturated heterocycles. The molecule has 0 bridgehead atoms. The summed E-state index contributed by atoms with van der Waals surface area (Å²) in [6.45, 7) is 1.46. The van der Waals surface area contributed by atoms with E-state index in [4.69, 9.17) is 9.90 Å². The molecule has 0 aromatic rings. The molecule has 11 heteroatoms. The van der Waals surface area contributed by atoms with E-state index in [2.05, 4.69) is 10.0 Å². The first-order chi connectivity index (χ1) is 7.97. The number of rotatable bonds is 3. The number of aliphatic carboxylic acids is 1. The van der Waals surface area contributed by atoms with Crippen LogP contribution >= 0.6 is 0 Å². The summed E-state index contributed by atoms with van der Waals surface area (Å²) in [5.41, 5.74) is 0. The number of carbonyl (C=O) groups is 1. The van der Waals surface area contributed by atoms with E-state index in [1.165, 1.54) is 18.4 Å². The van der Waals surface area contributed by atoms with Crippen molar-refractivity contribution >= 4 is 16.2 Å². The third-order valence-corrected chi connectivity index (χ3v) is 3.41. The van der Waals surface area contributed by atoms with E-state index in [1.54, 1.807) is 0 Å². The molecule has 1 heterocycles. The summed E-state index contributed by atoms with van der Waals surface area (Å²) in [6.07, 6.45) is -5.08. The van der Waals surface area contributed by atoms with E-state index in [0.717, 1.165) is 13.1 Å². The first kappa shape index (κ1) is 17.1. The van der Waals surface area contributed by atoms with Crippen molar-refractivity contribution in [2.24, 2.45) is 0 Å². The summed E-state index contributed by atoms with van der Waals surface area (Å²) in [5, 5.41) is 10.1. The predicted octanol–water partition coefficient (Wildman–Crippen LogP) is -1.01. The SMILES string of the molecule is CN(C)S(=O)(=O)NC1CNC1.O=C(O)C(F)(F)F. The van der Waals surface area contributed by atoms with Gasteiger partial charge in [0.25, 0.3) is 10.2 Å². The number of hydrogen-bond acceptors (Lipinski definition) is 4. The van der Waals surface area contributed by atoms with E-state index in [0.29, 0.717) is 0 Å². The smallest absolute Gasteiger partial charge is 0.475 e. The van der Waals surface area contributed by atoms with Gasteiger partial charge in [-0.15, -0.1) is 0 Å². The van der Waals surface area contributed by atoms with Gasteiger partial charge < -0.3 is 10.4 Å². The average Bonchev–Trinajstić information content (AvgIpc) is 2.11. The van der Waals surface area contributed by atoms with Gasteiger partial charge in [-0.25, -0.2) is 4.79 Å². The Balaban J connectivity index is 0.000000360. The molecule has 108 valence electrons. The molecule has 0 spiro atoms. The number of hydrogen-bond donors (Lipinski definition) is 3. The van der Waals surface area contributed by atoms with E-state index in [-0.39, 0.29) is 6.04 Å². The van der Waals surface area contributed by atoms with Crippen molar-refractivity contribution in [1.82, 2.24) is 14.3 Å². The monoisotopic (exact) mass is 293 g/mol. The maximum Gasteiger partial charge on any atom is 0.490 e. The molecule has 18 heavy (non-hydrogen) atoms. The van der Waals surface area contributed by atoms with Crippen LogP contribution in [0.1, 0.15) is 0 Å². The topological polar surface area (TPSA) is 98.7 Å². The second-order valence-electron chi connectivity index (χ2n) is 3.56. The van der Waals surface area contributed by atoms with Crippen LogP contribution in [0.4, 0.5) is 13.2 Å². The third-order valence-electron chi connectivity index (χ3n) is 1.82. The first-order valence-corrected chi connectivity index (χ1v) is 6.11. The zero-order valence-electron chi connectivity index (χ0n) is 9.65. The van der Waals surface area contributed by atoms with Crippen LogP contribution in [-0.2, 0) is 15.0 Å². The minimum Gasteiger partial charge on any atom is -0.475 e. The second-order valence-corrected chi connectivity index (χ2v) is 5.48. The zero-order valence-corrected chi connectivity index (χ0v) is 10.5. The summed E-state index contributed by atoms with van der Waals surface area (Å²) < 4.78 is 57.7. The molecule has 0 aromatic heterocycles. The third kappa shape index (κ3) is 6.14. The predicted molar refractivity (Wildman–Crippen MR) is 56.1 cm³/mol. The van der Waals surface area contributed by atoms with Crippen LogP contribution < -0.4 is 10.0 Å². The minimum atomic E-state index is -5.08. The van der Waals surface area contributed by atoms with Gasteiger partial charge in [0.1, 0.15) is 0 Å². The van der Waals surface area contributed by atoms with Gasteiger partial charge in [-0.05, 0) is 0 Å². The molecule has 0 atom stereocenters. The molecule has 0 amide bonds. The van der Waals surface area contributed by atoms with Crippen LogP contribution in [0.3, 0.4) is 0 Å². The van der Waals surface area contributed by atoms with Crippen molar-refractivity contribution in [3.05, 3.63) is 0 Å². The van der Waals surface area contributed by atoms with Crippen molar-refractivity contribution in [1.29, 1.82) is 0 Å². The summed E-state index contributed by atoms with van der Waals surface area (Å²) in [6, 6.07) is 0.0717. The molecule has 1 aliphatic heterocycles. The molecular formula is C7H14F3N3O4S. The Morgan fingerprint density at radius 2 is 1.78 bits per heavy atom. The van der Waals surface area contributed by atoms with E-state index in [9.17, 15) is 21.6 Å². The molecule has 0 unspecified atom stereocenters. The molecule has 0 saturated carbocycles. The number of carboxylic acid groups (broad SMARTS) is 1. The highest BCUT2D eigenvalue weighted by atomic mass is 32.2. The molecule has 0 aliphatic carbocycles. The summed E-state index contributed by atoms with van der Waals surface area (Å²) in [7, 11) is -0.198.